The summed E-state index contributed by atoms with van der Waals surface area (Å²) in [5.74, 6) is 0.464. The van der Waals surface area contributed by atoms with Gasteiger partial charge in [0.2, 0.25) is 0 Å². The number of likely N-dealkylation sites (N-methyl/N-ethyl adjacent to an activating group) is 1. The van der Waals surface area contributed by atoms with Gasteiger partial charge in [-0.15, -0.1) is 0 Å². The van der Waals surface area contributed by atoms with Gasteiger partial charge < -0.3 is 15.0 Å². The van der Waals surface area contributed by atoms with Gasteiger partial charge in [-0.3, -0.25) is 4.68 Å². The summed E-state index contributed by atoms with van der Waals surface area (Å²) in [5.41, 5.74) is 1.11. The van der Waals surface area contributed by atoms with Gasteiger partial charge in [-0.25, -0.2) is 0 Å². The third kappa shape index (κ3) is 4.42. The van der Waals surface area contributed by atoms with Crippen LogP contribution in [-0.4, -0.2) is 55.1 Å². The average Bonchev–Trinajstić information content (AvgIpc) is 2.84. The molecule has 0 spiro atoms. The largest absolute Gasteiger partial charge is 0.381 e. The van der Waals surface area contributed by atoms with Crippen LogP contribution < -0.4 is 5.32 Å². The fourth-order valence-electron chi connectivity index (χ4n) is 2.89. The van der Waals surface area contributed by atoms with Crippen molar-refractivity contribution < 1.29 is 4.74 Å². The first-order valence-electron chi connectivity index (χ1n) is 7.80. The van der Waals surface area contributed by atoms with Crippen molar-refractivity contribution in [2.45, 2.75) is 32.4 Å². The van der Waals surface area contributed by atoms with E-state index in [0.29, 0.717) is 5.92 Å². The minimum absolute atomic E-state index is 0.215. The summed E-state index contributed by atoms with van der Waals surface area (Å²) in [6.07, 6.45) is 4.06. The van der Waals surface area contributed by atoms with Crippen LogP contribution in [0.25, 0.3) is 0 Å². The van der Waals surface area contributed by atoms with Crippen LogP contribution in [0.4, 0.5) is 0 Å². The molecule has 1 aromatic rings. The minimum atomic E-state index is 0.215. The zero-order valence-corrected chi connectivity index (χ0v) is 14.1. The van der Waals surface area contributed by atoms with Gasteiger partial charge in [0, 0.05) is 19.1 Å². The third-order valence-electron chi connectivity index (χ3n) is 3.98. The maximum absolute atomic E-state index is 6.43. The molecule has 1 N–H and O–H groups in total. The predicted octanol–water partition coefficient (Wildman–Crippen LogP) is 2.18. The minimum Gasteiger partial charge on any atom is -0.381 e. The van der Waals surface area contributed by atoms with E-state index in [9.17, 15) is 0 Å². The summed E-state index contributed by atoms with van der Waals surface area (Å²) in [6, 6.07) is 0.215. The summed E-state index contributed by atoms with van der Waals surface area (Å²) in [5, 5.41) is 8.80. The molecule has 0 aromatic carbocycles. The Morgan fingerprint density at radius 2 is 2.38 bits per heavy atom. The van der Waals surface area contributed by atoms with Crippen molar-refractivity contribution in [1.29, 1.82) is 0 Å². The first kappa shape index (κ1) is 16.7. The molecule has 2 heterocycles. The monoisotopic (exact) mass is 314 g/mol. The van der Waals surface area contributed by atoms with Crippen molar-refractivity contribution in [3.63, 3.8) is 0 Å². The van der Waals surface area contributed by atoms with Gasteiger partial charge in [0.25, 0.3) is 0 Å². The average molecular weight is 315 g/mol. The summed E-state index contributed by atoms with van der Waals surface area (Å²) >= 11 is 6.43. The van der Waals surface area contributed by atoms with Gasteiger partial charge >= 0.3 is 0 Å². The smallest absolute Gasteiger partial charge is 0.0834 e. The van der Waals surface area contributed by atoms with Gasteiger partial charge in [0.15, 0.2) is 0 Å². The van der Waals surface area contributed by atoms with Crippen molar-refractivity contribution in [3.8, 4) is 0 Å². The number of hydrogen-bond donors (Lipinski definition) is 1. The Bertz CT molecular complexity index is 429. The van der Waals surface area contributed by atoms with E-state index in [2.05, 4.69) is 36.3 Å². The van der Waals surface area contributed by atoms with Crippen molar-refractivity contribution in [3.05, 3.63) is 16.9 Å². The lowest BCUT2D eigenvalue weighted by atomic mass is 9.91. The maximum Gasteiger partial charge on any atom is 0.0834 e. The van der Waals surface area contributed by atoms with Crippen molar-refractivity contribution >= 4 is 11.6 Å². The highest BCUT2D eigenvalue weighted by molar-refractivity contribution is 6.31. The number of ether oxygens (including phenoxy) is 1. The van der Waals surface area contributed by atoms with E-state index in [-0.39, 0.29) is 6.04 Å². The molecule has 0 bridgehead atoms. The third-order valence-corrected chi connectivity index (χ3v) is 4.27. The van der Waals surface area contributed by atoms with Crippen LogP contribution in [0.3, 0.4) is 0 Å². The molecule has 1 aliphatic heterocycles. The molecule has 2 unspecified atom stereocenters. The quantitative estimate of drug-likeness (QED) is 0.837. The Morgan fingerprint density at radius 3 is 3.00 bits per heavy atom. The van der Waals surface area contributed by atoms with Gasteiger partial charge in [0.05, 0.1) is 36.1 Å². The molecule has 2 atom stereocenters. The van der Waals surface area contributed by atoms with E-state index < -0.39 is 0 Å². The second-order valence-corrected chi connectivity index (χ2v) is 6.32. The highest BCUT2D eigenvalue weighted by atomic mass is 35.5. The van der Waals surface area contributed by atoms with Gasteiger partial charge in [-0.05, 0) is 33.5 Å². The number of hydrogen-bond acceptors (Lipinski definition) is 4. The highest BCUT2D eigenvalue weighted by Gasteiger charge is 2.29. The van der Waals surface area contributed by atoms with Gasteiger partial charge in [-0.2, -0.15) is 5.10 Å². The van der Waals surface area contributed by atoms with Gasteiger partial charge in [0.1, 0.15) is 0 Å². The molecular weight excluding hydrogens is 288 g/mol. The lowest BCUT2D eigenvalue weighted by Gasteiger charge is -2.31. The number of halogens is 1. The number of aromatic nitrogens is 2. The highest BCUT2D eigenvalue weighted by Crippen LogP contribution is 2.32. The Kier molecular flexibility index (Phi) is 6.48. The van der Waals surface area contributed by atoms with E-state index in [4.69, 9.17) is 16.3 Å². The second-order valence-electron chi connectivity index (χ2n) is 5.92. The predicted molar refractivity (Wildman–Crippen MR) is 85.8 cm³/mol. The van der Waals surface area contributed by atoms with Crippen LogP contribution in [0.15, 0.2) is 6.20 Å². The molecular formula is C15H27ClN4O. The summed E-state index contributed by atoms with van der Waals surface area (Å²) in [7, 11) is 4.14. The van der Waals surface area contributed by atoms with E-state index in [1.165, 1.54) is 6.42 Å². The van der Waals surface area contributed by atoms with E-state index in [0.717, 1.165) is 50.0 Å². The fourth-order valence-corrected chi connectivity index (χ4v) is 3.15. The van der Waals surface area contributed by atoms with E-state index >= 15 is 0 Å². The molecule has 6 heteroatoms. The van der Waals surface area contributed by atoms with Crippen LogP contribution in [0.1, 0.15) is 31.5 Å². The topological polar surface area (TPSA) is 42.3 Å². The zero-order chi connectivity index (χ0) is 15.2. The Hall–Kier alpha value is -0.620. The molecule has 120 valence electrons. The van der Waals surface area contributed by atoms with E-state index in [1.807, 2.05) is 4.68 Å². The van der Waals surface area contributed by atoms with Gasteiger partial charge in [-0.1, -0.05) is 18.5 Å². The summed E-state index contributed by atoms with van der Waals surface area (Å²) < 4.78 is 7.71. The van der Waals surface area contributed by atoms with Crippen LogP contribution in [0.5, 0.6) is 0 Å². The van der Waals surface area contributed by atoms with Crippen molar-refractivity contribution in [1.82, 2.24) is 20.0 Å². The molecule has 1 saturated heterocycles. The molecule has 0 radical (unpaired) electrons. The second kappa shape index (κ2) is 8.13. The normalized spacial score (nSPS) is 20.9. The number of rotatable bonds is 7. The van der Waals surface area contributed by atoms with Crippen LogP contribution >= 0.6 is 11.6 Å². The Morgan fingerprint density at radius 1 is 1.57 bits per heavy atom. The zero-order valence-electron chi connectivity index (χ0n) is 13.3. The molecule has 0 amide bonds. The lowest BCUT2D eigenvalue weighted by Crippen LogP contribution is -2.35. The summed E-state index contributed by atoms with van der Waals surface area (Å²) in [6.45, 7) is 6.52. The van der Waals surface area contributed by atoms with E-state index in [1.54, 1.807) is 6.20 Å². The SMILES string of the molecule is CCNC(c1c(Cl)cnn1CCN(C)C)C1CCCOC1. The first-order chi connectivity index (χ1) is 10.1. The number of nitrogens with zero attached hydrogens (tertiary/aromatic N) is 3. The van der Waals surface area contributed by atoms with Crippen LogP contribution in [0.2, 0.25) is 5.02 Å². The lowest BCUT2D eigenvalue weighted by molar-refractivity contribution is 0.0378. The summed E-state index contributed by atoms with van der Waals surface area (Å²) in [4.78, 5) is 2.16. The molecule has 1 aliphatic rings. The standard InChI is InChI=1S/C15H27ClN4O/c1-4-17-14(12-6-5-9-21-11-12)15-13(16)10-18-20(15)8-7-19(2)3/h10,12,14,17H,4-9,11H2,1-3H3. The Labute approximate surface area is 132 Å². The molecule has 1 aromatic heterocycles. The maximum atomic E-state index is 6.43. The molecule has 21 heavy (non-hydrogen) atoms. The van der Waals surface area contributed by atoms with Crippen molar-refractivity contribution in [2.75, 3.05) is 40.4 Å². The molecule has 2 rings (SSSR count). The van der Waals surface area contributed by atoms with Crippen molar-refractivity contribution in [2.24, 2.45) is 5.92 Å². The molecule has 0 aliphatic carbocycles. The van der Waals surface area contributed by atoms with Crippen LogP contribution in [0, 0.1) is 5.92 Å². The first-order valence-corrected chi connectivity index (χ1v) is 8.18. The number of nitrogens with one attached hydrogen (secondary N) is 1. The molecule has 0 saturated carbocycles. The molecule has 1 fully saturated rings. The fraction of sp³-hybridized carbons (Fsp3) is 0.800. The molecule has 5 nitrogen and oxygen atoms in total. The van der Waals surface area contributed by atoms with Crippen LogP contribution in [-0.2, 0) is 11.3 Å². The Balaban J connectivity index is 2.19.